The van der Waals surface area contributed by atoms with Gasteiger partial charge >= 0.3 is 11.9 Å². The number of rotatable bonds is 2. The molecule has 132 valence electrons. The highest BCUT2D eigenvalue weighted by atomic mass is 32.1. The first kappa shape index (κ1) is 16.1. The molecule has 1 N–H and O–H groups in total. The van der Waals surface area contributed by atoms with E-state index in [4.69, 9.17) is 4.42 Å². The monoisotopic (exact) mass is 370 g/mol. The number of aromatic amines is 1. The van der Waals surface area contributed by atoms with Crippen LogP contribution in [0, 0.1) is 0 Å². The van der Waals surface area contributed by atoms with Crippen molar-refractivity contribution in [1.82, 2.24) is 15.2 Å². The number of alkyl halides is 3. The standard InChI is InChI=1S/C15H13F3N4O2S/c16-15(17,18)9-3-4-11-10(6-9)19-13(25-11)22-5-1-2-8(7-22)12-20-21-14(23)24-12/h3-4,6,8H,1-2,5,7H2,(H,21,23). The molecule has 1 aliphatic rings. The van der Waals surface area contributed by atoms with E-state index in [9.17, 15) is 18.0 Å². The van der Waals surface area contributed by atoms with Crippen molar-refractivity contribution in [3.8, 4) is 0 Å². The number of aromatic nitrogens is 3. The average Bonchev–Trinajstić information content (AvgIpc) is 3.19. The number of hydrogen-bond donors (Lipinski definition) is 1. The first-order chi connectivity index (χ1) is 11.9. The summed E-state index contributed by atoms with van der Waals surface area (Å²) in [6.07, 6.45) is -2.70. The van der Waals surface area contributed by atoms with Crippen LogP contribution in [0.5, 0.6) is 0 Å². The molecule has 25 heavy (non-hydrogen) atoms. The van der Waals surface area contributed by atoms with Gasteiger partial charge in [0, 0.05) is 13.1 Å². The molecule has 1 aromatic carbocycles. The lowest BCUT2D eigenvalue weighted by Gasteiger charge is -2.30. The zero-order valence-corrected chi connectivity index (χ0v) is 13.7. The van der Waals surface area contributed by atoms with Gasteiger partial charge in [0.2, 0.25) is 5.89 Å². The van der Waals surface area contributed by atoms with Crippen molar-refractivity contribution < 1.29 is 17.6 Å². The van der Waals surface area contributed by atoms with Gasteiger partial charge in [0.05, 0.1) is 21.7 Å². The third kappa shape index (κ3) is 3.13. The summed E-state index contributed by atoms with van der Waals surface area (Å²) in [5, 5.41) is 6.79. The van der Waals surface area contributed by atoms with Crippen LogP contribution in [0.25, 0.3) is 10.2 Å². The molecule has 0 spiro atoms. The Morgan fingerprint density at radius 3 is 2.92 bits per heavy atom. The second-order valence-corrected chi connectivity index (χ2v) is 6.92. The van der Waals surface area contributed by atoms with Crippen LogP contribution in [0.4, 0.5) is 18.3 Å². The van der Waals surface area contributed by atoms with Gasteiger partial charge in [-0.3, -0.25) is 0 Å². The van der Waals surface area contributed by atoms with Gasteiger partial charge < -0.3 is 9.32 Å². The third-order valence-corrected chi connectivity index (χ3v) is 5.30. The number of nitrogens with zero attached hydrogens (tertiary/aromatic N) is 3. The molecule has 6 nitrogen and oxygen atoms in total. The fraction of sp³-hybridized carbons (Fsp3) is 0.400. The summed E-state index contributed by atoms with van der Waals surface area (Å²) in [5.74, 6) is -0.285. The molecule has 1 saturated heterocycles. The lowest BCUT2D eigenvalue weighted by atomic mass is 9.98. The summed E-state index contributed by atoms with van der Waals surface area (Å²) in [7, 11) is 0. The molecule has 10 heteroatoms. The molecule has 3 aromatic rings. The first-order valence-corrected chi connectivity index (χ1v) is 8.50. The van der Waals surface area contributed by atoms with Crippen LogP contribution in [0.2, 0.25) is 0 Å². The summed E-state index contributed by atoms with van der Waals surface area (Å²) in [4.78, 5) is 17.5. The lowest BCUT2D eigenvalue weighted by molar-refractivity contribution is -0.137. The van der Waals surface area contributed by atoms with Gasteiger partial charge in [0.1, 0.15) is 0 Å². The third-order valence-electron chi connectivity index (χ3n) is 4.20. The predicted octanol–water partition coefficient (Wildman–Crippen LogP) is 3.38. The van der Waals surface area contributed by atoms with E-state index in [-0.39, 0.29) is 5.92 Å². The van der Waals surface area contributed by atoms with Crippen molar-refractivity contribution in [2.75, 3.05) is 18.0 Å². The van der Waals surface area contributed by atoms with E-state index in [2.05, 4.69) is 15.2 Å². The van der Waals surface area contributed by atoms with Gasteiger partial charge in [0.25, 0.3) is 0 Å². The minimum absolute atomic E-state index is 0.0505. The number of nitrogens with one attached hydrogen (secondary N) is 1. The zero-order chi connectivity index (χ0) is 17.6. The fourth-order valence-corrected chi connectivity index (χ4v) is 3.98. The molecule has 1 atom stereocenters. The Bertz CT molecular complexity index is 961. The van der Waals surface area contributed by atoms with E-state index < -0.39 is 17.5 Å². The zero-order valence-electron chi connectivity index (χ0n) is 12.8. The molecule has 3 heterocycles. The Kier molecular flexibility index (Phi) is 3.78. The highest BCUT2D eigenvalue weighted by Crippen LogP contribution is 2.36. The first-order valence-electron chi connectivity index (χ1n) is 7.68. The summed E-state index contributed by atoms with van der Waals surface area (Å²) in [6.45, 7) is 1.30. The molecule has 0 radical (unpaired) electrons. The van der Waals surface area contributed by atoms with Gasteiger partial charge in [-0.2, -0.15) is 13.2 Å². The maximum atomic E-state index is 12.8. The predicted molar refractivity (Wildman–Crippen MR) is 85.9 cm³/mol. The van der Waals surface area contributed by atoms with E-state index in [1.165, 1.54) is 17.4 Å². The van der Waals surface area contributed by atoms with Crippen LogP contribution in [0.1, 0.15) is 30.2 Å². The summed E-state index contributed by atoms with van der Waals surface area (Å²) in [5.41, 5.74) is -0.366. The van der Waals surface area contributed by atoms with E-state index in [0.717, 1.165) is 31.5 Å². The Hall–Kier alpha value is -2.36. The molecule has 2 aromatic heterocycles. The molecule has 1 aliphatic heterocycles. The smallest absolute Gasteiger partial charge is 0.392 e. The maximum absolute atomic E-state index is 12.8. The largest absolute Gasteiger partial charge is 0.434 e. The van der Waals surface area contributed by atoms with E-state index in [1.807, 2.05) is 4.90 Å². The van der Waals surface area contributed by atoms with Crippen molar-refractivity contribution in [2.24, 2.45) is 0 Å². The van der Waals surface area contributed by atoms with E-state index in [0.29, 0.717) is 27.8 Å². The van der Waals surface area contributed by atoms with Crippen molar-refractivity contribution in [2.45, 2.75) is 24.9 Å². The topological polar surface area (TPSA) is 75.0 Å². The van der Waals surface area contributed by atoms with Crippen molar-refractivity contribution in [1.29, 1.82) is 0 Å². The number of fused-ring (bicyclic) bond motifs is 1. The number of halogens is 3. The second kappa shape index (κ2) is 5.87. The Labute approximate surface area is 143 Å². The molecule has 4 rings (SSSR count). The number of hydrogen-bond acceptors (Lipinski definition) is 6. The highest BCUT2D eigenvalue weighted by molar-refractivity contribution is 7.22. The minimum Gasteiger partial charge on any atom is -0.392 e. The molecule has 1 fully saturated rings. The van der Waals surface area contributed by atoms with E-state index in [1.54, 1.807) is 0 Å². The van der Waals surface area contributed by atoms with Gasteiger partial charge in [-0.15, -0.1) is 5.10 Å². The summed E-state index contributed by atoms with van der Waals surface area (Å²) >= 11 is 1.35. The van der Waals surface area contributed by atoms with Gasteiger partial charge in [-0.1, -0.05) is 11.3 Å². The quantitative estimate of drug-likeness (QED) is 0.749. The van der Waals surface area contributed by atoms with Crippen LogP contribution in [-0.2, 0) is 6.18 Å². The number of piperidine rings is 1. The number of thiazole rings is 1. The molecular weight excluding hydrogens is 357 g/mol. The average molecular weight is 370 g/mol. The van der Waals surface area contributed by atoms with Crippen LogP contribution in [-0.4, -0.2) is 28.3 Å². The highest BCUT2D eigenvalue weighted by Gasteiger charge is 2.31. The van der Waals surface area contributed by atoms with Crippen LogP contribution in [0.15, 0.2) is 27.4 Å². The van der Waals surface area contributed by atoms with Crippen molar-refractivity contribution in [3.05, 3.63) is 40.2 Å². The number of anilines is 1. The summed E-state index contributed by atoms with van der Waals surface area (Å²) < 4.78 is 44.2. The van der Waals surface area contributed by atoms with Crippen LogP contribution in [0.3, 0.4) is 0 Å². The molecular formula is C15H13F3N4O2S. The van der Waals surface area contributed by atoms with Crippen molar-refractivity contribution in [3.63, 3.8) is 0 Å². The molecule has 0 amide bonds. The molecule has 0 saturated carbocycles. The normalized spacial score (nSPS) is 18.8. The van der Waals surface area contributed by atoms with E-state index >= 15 is 0 Å². The minimum atomic E-state index is -4.38. The van der Waals surface area contributed by atoms with Crippen LogP contribution < -0.4 is 10.7 Å². The van der Waals surface area contributed by atoms with Crippen molar-refractivity contribution >= 4 is 26.7 Å². The molecule has 1 unspecified atom stereocenters. The van der Waals surface area contributed by atoms with Crippen LogP contribution >= 0.6 is 11.3 Å². The van der Waals surface area contributed by atoms with Gasteiger partial charge in [-0.25, -0.2) is 14.9 Å². The number of H-pyrrole nitrogens is 1. The Balaban J connectivity index is 1.61. The van der Waals surface area contributed by atoms with Gasteiger partial charge in [0.15, 0.2) is 5.13 Å². The Morgan fingerprint density at radius 1 is 1.36 bits per heavy atom. The maximum Gasteiger partial charge on any atom is 0.434 e. The van der Waals surface area contributed by atoms with Gasteiger partial charge in [-0.05, 0) is 31.0 Å². The number of benzene rings is 1. The fourth-order valence-electron chi connectivity index (χ4n) is 3.00. The summed E-state index contributed by atoms with van der Waals surface area (Å²) in [6, 6.07) is 3.60. The SMILES string of the molecule is O=c1[nH]nc(C2CCCN(c3nc4cc(C(F)(F)F)ccc4s3)C2)o1. The second-order valence-electron chi connectivity index (χ2n) is 5.91. The lowest BCUT2D eigenvalue weighted by Crippen LogP contribution is -2.34. The Morgan fingerprint density at radius 2 is 2.20 bits per heavy atom. The molecule has 0 aliphatic carbocycles. The molecule has 0 bridgehead atoms.